The first-order valence-electron chi connectivity index (χ1n) is 12.3. The van der Waals surface area contributed by atoms with Crippen LogP contribution in [-0.2, 0) is 4.79 Å². The van der Waals surface area contributed by atoms with Crippen LogP contribution in [0.2, 0.25) is 0 Å². The fourth-order valence-electron chi connectivity index (χ4n) is 5.39. The molecule has 180 valence electrons. The van der Waals surface area contributed by atoms with Crippen molar-refractivity contribution in [3.8, 4) is 5.75 Å². The van der Waals surface area contributed by atoms with Gasteiger partial charge in [0.05, 0.1) is 17.4 Å². The van der Waals surface area contributed by atoms with Crippen LogP contribution >= 0.6 is 0 Å². The van der Waals surface area contributed by atoms with Crippen molar-refractivity contribution >= 4 is 23.4 Å². The molecule has 0 aromatic heterocycles. The summed E-state index contributed by atoms with van der Waals surface area (Å²) in [6.07, 6.45) is 5.70. The summed E-state index contributed by atoms with van der Waals surface area (Å²) >= 11 is 0. The van der Waals surface area contributed by atoms with E-state index in [1.165, 1.54) is 37.5 Å². The maximum absolute atomic E-state index is 13.6. The number of rotatable bonds is 4. The number of anilines is 2. The number of amides is 2. The first-order chi connectivity index (χ1) is 16.4. The second-order valence-electron chi connectivity index (χ2n) is 9.98. The molecule has 1 N–H and O–H groups in total. The Morgan fingerprint density at radius 3 is 2.59 bits per heavy atom. The molecule has 1 aliphatic carbocycles. The fourth-order valence-corrected chi connectivity index (χ4v) is 5.39. The Kier molecular flexibility index (Phi) is 6.30. The number of halogens is 1. The van der Waals surface area contributed by atoms with Gasteiger partial charge in [-0.2, -0.15) is 0 Å². The Morgan fingerprint density at radius 2 is 1.91 bits per heavy atom. The van der Waals surface area contributed by atoms with Crippen LogP contribution in [-0.4, -0.2) is 37.2 Å². The van der Waals surface area contributed by atoms with E-state index >= 15 is 0 Å². The zero-order valence-corrected chi connectivity index (χ0v) is 19.8. The van der Waals surface area contributed by atoms with Crippen molar-refractivity contribution in [1.82, 2.24) is 5.32 Å². The molecule has 0 radical (unpaired) electrons. The second-order valence-corrected chi connectivity index (χ2v) is 9.98. The van der Waals surface area contributed by atoms with Crippen LogP contribution in [0.5, 0.6) is 5.75 Å². The summed E-state index contributed by atoms with van der Waals surface area (Å²) in [5, 5.41) is 3.72. The summed E-state index contributed by atoms with van der Waals surface area (Å²) in [5.74, 6) is 0.888. The molecule has 2 unspecified atom stereocenters. The predicted molar refractivity (Wildman–Crippen MR) is 130 cm³/mol. The lowest BCUT2D eigenvalue weighted by molar-refractivity contribution is -0.117. The smallest absolute Gasteiger partial charge is 0.410 e. The van der Waals surface area contributed by atoms with Gasteiger partial charge >= 0.3 is 6.09 Å². The third-order valence-corrected chi connectivity index (χ3v) is 7.30. The molecule has 2 aromatic carbocycles. The van der Waals surface area contributed by atoms with Gasteiger partial charge in [0, 0.05) is 32.1 Å². The maximum atomic E-state index is 13.6. The van der Waals surface area contributed by atoms with Gasteiger partial charge < -0.3 is 15.0 Å². The quantitative estimate of drug-likeness (QED) is 0.672. The van der Waals surface area contributed by atoms with E-state index in [0.717, 1.165) is 30.9 Å². The van der Waals surface area contributed by atoms with Crippen molar-refractivity contribution in [2.75, 3.05) is 22.9 Å². The molecular weight excluding hydrogens is 433 g/mol. The minimum absolute atomic E-state index is 0.0677. The van der Waals surface area contributed by atoms with E-state index in [0.29, 0.717) is 29.9 Å². The summed E-state index contributed by atoms with van der Waals surface area (Å²) in [7, 11) is 0. The van der Waals surface area contributed by atoms with Gasteiger partial charge in [-0.3, -0.25) is 9.69 Å². The van der Waals surface area contributed by atoms with Crippen LogP contribution in [0.25, 0.3) is 0 Å². The molecule has 6 nitrogen and oxygen atoms in total. The Hall–Kier alpha value is -2.93. The van der Waals surface area contributed by atoms with Crippen LogP contribution in [0.3, 0.4) is 0 Å². The molecule has 2 aliphatic heterocycles. The molecule has 2 fully saturated rings. The maximum Gasteiger partial charge on any atom is 0.419 e. The first-order valence-corrected chi connectivity index (χ1v) is 12.3. The van der Waals surface area contributed by atoms with Gasteiger partial charge in [-0.15, -0.1) is 0 Å². The number of piperidine rings is 1. The van der Waals surface area contributed by atoms with Gasteiger partial charge in [-0.05, 0) is 67.9 Å². The van der Waals surface area contributed by atoms with E-state index < -0.39 is 11.9 Å². The lowest BCUT2D eigenvalue weighted by atomic mass is 9.86. The predicted octanol–water partition coefficient (Wildman–Crippen LogP) is 5.22. The Morgan fingerprint density at radius 1 is 1.09 bits per heavy atom. The second kappa shape index (κ2) is 9.37. The zero-order chi connectivity index (χ0) is 23.8. The Bertz CT molecular complexity index is 1080. The molecular formula is C27H32FN3O3. The van der Waals surface area contributed by atoms with Crippen LogP contribution in [0.4, 0.5) is 20.6 Å². The summed E-state index contributed by atoms with van der Waals surface area (Å²) in [5.41, 5.74) is 2.51. The molecule has 2 amide bonds. The minimum Gasteiger partial charge on any atom is -0.410 e. The number of hydrogen-bond acceptors (Lipinski definition) is 4. The SMILES string of the molecule is CC(=O)N1c2ccc(C3CCC(CC4CC4)NC3)cc2N(C(=O)Oc2cccc(F)c2)C[C@@H]1C. The average molecular weight is 466 g/mol. The molecule has 1 saturated carbocycles. The Balaban J connectivity index is 1.40. The van der Waals surface area contributed by atoms with Gasteiger partial charge in [0.1, 0.15) is 11.6 Å². The lowest BCUT2D eigenvalue weighted by Crippen LogP contribution is -2.52. The zero-order valence-electron chi connectivity index (χ0n) is 19.8. The van der Waals surface area contributed by atoms with Gasteiger partial charge in [0.2, 0.25) is 5.91 Å². The number of ether oxygens (including phenoxy) is 1. The first kappa shape index (κ1) is 22.8. The van der Waals surface area contributed by atoms with Crippen LogP contribution in [0.1, 0.15) is 57.4 Å². The van der Waals surface area contributed by atoms with Crippen LogP contribution < -0.4 is 19.9 Å². The normalized spacial score (nSPS) is 24.5. The van der Waals surface area contributed by atoms with Crippen molar-refractivity contribution < 1.29 is 18.7 Å². The highest BCUT2D eigenvalue weighted by Crippen LogP contribution is 2.40. The van der Waals surface area contributed by atoms with Gasteiger partial charge in [0.25, 0.3) is 0 Å². The molecule has 0 spiro atoms. The fraction of sp³-hybridized carbons (Fsp3) is 0.481. The molecule has 1 saturated heterocycles. The van der Waals surface area contributed by atoms with E-state index in [-0.39, 0.29) is 17.7 Å². The van der Waals surface area contributed by atoms with Crippen LogP contribution in [0.15, 0.2) is 42.5 Å². The van der Waals surface area contributed by atoms with Crippen molar-refractivity contribution in [1.29, 1.82) is 0 Å². The van der Waals surface area contributed by atoms with Crippen molar-refractivity contribution in [2.24, 2.45) is 5.92 Å². The standard InChI is InChI=1S/C27H32FN3O3/c1-17-16-30(27(33)34-24-5-3-4-22(28)14-24)26-13-20(9-11-25(26)31(17)18(2)32)21-8-10-23(29-15-21)12-19-6-7-19/h3-5,9,11,13-14,17,19,21,23,29H,6-8,10,12,15-16H2,1-2H3/t17-,21?,23?/m0/s1. The van der Waals surface area contributed by atoms with Gasteiger partial charge in [-0.25, -0.2) is 9.18 Å². The monoisotopic (exact) mass is 465 g/mol. The van der Waals surface area contributed by atoms with Crippen molar-refractivity contribution in [2.45, 2.75) is 64.0 Å². The van der Waals surface area contributed by atoms with E-state index in [2.05, 4.69) is 11.4 Å². The number of hydrogen-bond donors (Lipinski definition) is 1. The Labute approximate surface area is 200 Å². The highest BCUT2D eigenvalue weighted by atomic mass is 19.1. The van der Waals surface area contributed by atoms with Gasteiger partial charge in [-0.1, -0.05) is 25.0 Å². The molecule has 3 atom stereocenters. The molecule has 2 aromatic rings. The molecule has 7 heteroatoms. The molecule has 34 heavy (non-hydrogen) atoms. The number of nitrogens with one attached hydrogen (secondary N) is 1. The largest absolute Gasteiger partial charge is 0.419 e. The van der Waals surface area contributed by atoms with Gasteiger partial charge in [0.15, 0.2) is 0 Å². The van der Waals surface area contributed by atoms with E-state index in [1.54, 1.807) is 22.8 Å². The van der Waals surface area contributed by atoms with E-state index in [1.807, 2.05) is 19.1 Å². The molecule has 0 bridgehead atoms. The summed E-state index contributed by atoms with van der Waals surface area (Å²) in [6.45, 7) is 4.67. The average Bonchev–Trinajstić information content (AvgIpc) is 3.62. The molecule has 3 aliphatic rings. The highest BCUT2D eigenvalue weighted by molar-refractivity contribution is 6.02. The third kappa shape index (κ3) is 4.80. The van der Waals surface area contributed by atoms with Crippen molar-refractivity contribution in [3.63, 3.8) is 0 Å². The number of nitrogens with zero attached hydrogens (tertiary/aromatic N) is 2. The summed E-state index contributed by atoms with van der Waals surface area (Å²) in [4.78, 5) is 28.9. The molecule has 2 heterocycles. The topological polar surface area (TPSA) is 61.9 Å². The molecule has 5 rings (SSSR count). The van der Waals surface area contributed by atoms with Crippen LogP contribution in [0, 0.1) is 11.7 Å². The number of carbonyl (C=O) groups is 2. The number of benzene rings is 2. The highest BCUT2D eigenvalue weighted by Gasteiger charge is 2.36. The summed E-state index contributed by atoms with van der Waals surface area (Å²) < 4.78 is 19.1. The van der Waals surface area contributed by atoms with E-state index in [4.69, 9.17) is 4.74 Å². The lowest BCUT2D eigenvalue weighted by Gasteiger charge is -2.41. The number of fused-ring (bicyclic) bond motifs is 1. The third-order valence-electron chi connectivity index (χ3n) is 7.30. The summed E-state index contributed by atoms with van der Waals surface area (Å²) in [6, 6.07) is 12.0. The van der Waals surface area contributed by atoms with E-state index in [9.17, 15) is 14.0 Å². The van der Waals surface area contributed by atoms with Crippen molar-refractivity contribution in [3.05, 3.63) is 53.8 Å². The number of carbonyl (C=O) groups excluding carboxylic acids is 2. The minimum atomic E-state index is -0.578.